The summed E-state index contributed by atoms with van der Waals surface area (Å²) in [6.07, 6.45) is 1.98. The molecule has 1 atom stereocenters. The summed E-state index contributed by atoms with van der Waals surface area (Å²) in [5.74, 6) is -0.812. The van der Waals surface area contributed by atoms with Crippen LogP contribution in [0.1, 0.15) is 29.3 Å². The van der Waals surface area contributed by atoms with Crippen molar-refractivity contribution in [1.29, 1.82) is 0 Å². The van der Waals surface area contributed by atoms with Crippen LogP contribution in [-0.2, 0) is 9.59 Å². The van der Waals surface area contributed by atoms with Crippen LogP contribution >= 0.6 is 11.8 Å². The average Bonchev–Trinajstić information content (AvgIpc) is 3.07. The Bertz CT molecular complexity index is 1710. The summed E-state index contributed by atoms with van der Waals surface area (Å²) in [5, 5.41) is 7.67. The Morgan fingerprint density at radius 3 is 2.13 bits per heavy atom. The van der Waals surface area contributed by atoms with Gasteiger partial charge < -0.3 is 30.2 Å². The molecule has 0 fully saturated rings. The molecule has 46 heavy (non-hydrogen) atoms. The first-order valence-electron chi connectivity index (χ1n) is 14.3. The topological polar surface area (TPSA) is 115 Å². The molecule has 0 aliphatic rings. The molecule has 0 bridgehead atoms. The fourth-order valence-electron chi connectivity index (χ4n) is 4.40. The number of methoxy groups -OCH3 is 3. The maximum Gasteiger partial charge on any atom is 0.272 e. The number of thioether (sulfide) groups is 1. The van der Waals surface area contributed by atoms with E-state index in [0.29, 0.717) is 45.4 Å². The van der Waals surface area contributed by atoms with Crippen molar-refractivity contribution in [2.75, 3.05) is 32.0 Å². The van der Waals surface area contributed by atoms with Crippen LogP contribution in [-0.4, -0.2) is 44.3 Å². The van der Waals surface area contributed by atoms with Crippen molar-refractivity contribution in [2.45, 2.75) is 23.5 Å². The minimum atomic E-state index is -0.593. The Labute approximate surface area is 271 Å². The molecule has 0 aliphatic carbocycles. The predicted molar refractivity (Wildman–Crippen MR) is 178 cm³/mol. The second-order valence-corrected chi connectivity index (χ2v) is 11.1. The molecule has 3 N–H and O–H groups in total. The third kappa shape index (κ3) is 8.66. The normalized spacial score (nSPS) is 11.6. The summed E-state index contributed by atoms with van der Waals surface area (Å²) in [5.41, 5.74) is 1.37. The Hall–Kier alpha value is -5.29. The summed E-state index contributed by atoms with van der Waals surface area (Å²) in [7, 11) is 4.44. The Balaban J connectivity index is 1.59. The van der Waals surface area contributed by atoms with Crippen molar-refractivity contribution in [3.63, 3.8) is 0 Å². The lowest BCUT2D eigenvalue weighted by Crippen LogP contribution is -2.30. The summed E-state index contributed by atoms with van der Waals surface area (Å²) in [4.78, 5) is 40.4. The van der Waals surface area contributed by atoms with Gasteiger partial charge in [0.15, 0.2) is 11.5 Å². The van der Waals surface area contributed by atoms with Gasteiger partial charge in [0.1, 0.15) is 11.5 Å². The number of carbonyl (C=O) groups is 3. The van der Waals surface area contributed by atoms with Gasteiger partial charge in [-0.05, 0) is 72.7 Å². The molecule has 4 aromatic carbocycles. The van der Waals surface area contributed by atoms with E-state index in [1.807, 2.05) is 13.0 Å². The fraction of sp³-hybridized carbons (Fsp3) is 0.171. The number of carbonyl (C=O) groups excluding carboxylic acids is 3. The first-order chi connectivity index (χ1) is 22.3. The molecule has 0 heterocycles. The SMILES string of the molecule is CCC(Sc1cccc(NC(=O)/C(=C\c2cc(OC)c(OC)c(OC)c2)NC(=O)c2ccccc2)c1)C(=O)Nc1ccccc1F. The zero-order valence-corrected chi connectivity index (χ0v) is 26.6. The van der Waals surface area contributed by atoms with E-state index in [2.05, 4.69) is 16.0 Å². The van der Waals surface area contributed by atoms with Crippen LogP contribution in [0.25, 0.3) is 6.08 Å². The monoisotopic (exact) mass is 643 g/mol. The lowest BCUT2D eigenvalue weighted by atomic mass is 10.1. The van der Waals surface area contributed by atoms with Crippen molar-refractivity contribution in [3.05, 3.63) is 114 Å². The molecule has 0 spiro atoms. The van der Waals surface area contributed by atoms with Gasteiger partial charge in [-0.15, -0.1) is 11.8 Å². The van der Waals surface area contributed by atoms with Crippen LogP contribution in [0, 0.1) is 5.82 Å². The van der Waals surface area contributed by atoms with E-state index < -0.39 is 22.9 Å². The highest BCUT2D eigenvalue weighted by Crippen LogP contribution is 2.38. The maximum atomic E-state index is 14.1. The van der Waals surface area contributed by atoms with Crippen molar-refractivity contribution in [1.82, 2.24) is 5.32 Å². The zero-order valence-electron chi connectivity index (χ0n) is 25.8. The second kappa shape index (κ2) is 16.1. The van der Waals surface area contributed by atoms with Crippen LogP contribution < -0.4 is 30.2 Å². The van der Waals surface area contributed by atoms with E-state index in [1.54, 1.807) is 72.8 Å². The predicted octanol–water partition coefficient (Wildman–Crippen LogP) is 6.77. The first-order valence-corrected chi connectivity index (χ1v) is 15.2. The summed E-state index contributed by atoms with van der Waals surface area (Å²) in [6, 6.07) is 24.7. The molecular formula is C35H34FN3O6S. The van der Waals surface area contributed by atoms with Gasteiger partial charge in [-0.2, -0.15) is 0 Å². The van der Waals surface area contributed by atoms with Gasteiger partial charge in [-0.25, -0.2) is 4.39 Å². The van der Waals surface area contributed by atoms with E-state index in [9.17, 15) is 18.8 Å². The smallest absolute Gasteiger partial charge is 0.272 e. The molecule has 4 rings (SSSR count). The van der Waals surface area contributed by atoms with Gasteiger partial charge >= 0.3 is 0 Å². The van der Waals surface area contributed by atoms with Gasteiger partial charge in [0.25, 0.3) is 11.8 Å². The minimum absolute atomic E-state index is 0.0446. The average molecular weight is 644 g/mol. The van der Waals surface area contributed by atoms with Crippen LogP contribution in [0.2, 0.25) is 0 Å². The number of ether oxygens (including phenoxy) is 3. The van der Waals surface area contributed by atoms with Gasteiger partial charge in [-0.3, -0.25) is 14.4 Å². The number of hydrogen-bond donors (Lipinski definition) is 3. The van der Waals surface area contributed by atoms with Crippen LogP contribution in [0.3, 0.4) is 0 Å². The highest BCUT2D eigenvalue weighted by Gasteiger charge is 2.21. The fourth-order valence-corrected chi connectivity index (χ4v) is 5.41. The van der Waals surface area contributed by atoms with Gasteiger partial charge in [0, 0.05) is 16.1 Å². The highest BCUT2D eigenvalue weighted by atomic mass is 32.2. The Morgan fingerprint density at radius 2 is 1.50 bits per heavy atom. The van der Waals surface area contributed by atoms with Gasteiger partial charge in [0.2, 0.25) is 11.7 Å². The lowest BCUT2D eigenvalue weighted by molar-refractivity contribution is -0.116. The molecular weight excluding hydrogens is 609 g/mol. The molecule has 0 aliphatic heterocycles. The molecule has 4 aromatic rings. The zero-order chi connectivity index (χ0) is 33.1. The van der Waals surface area contributed by atoms with Crippen LogP contribution in [0.4, 0.5) is 15.8 Å². The molecule has 9 nitrogen and oxygen atoms in total. The van der Waals surface area contributed by atoms with Crippen LogP contribution in [0.5, 0.6) is 17.2 Å². The third-order valence-electron chi connectivity index (χ3n) is 6.69. The van der Waals surface area contributed by atoms with Crippen molar-refractivity contribution >= 4 is 46.9 Å². The van der Waals surface area contributed by atoms with E-state index in [1.165, 1.54) is 51.3 Å². The summed E-state index contributed by atoms with van der Waals surface area (Å²) >= 11 is 1.28. The number of rotatable bonds is 13. The number of hydrogen-bond acceptors (Lipinski definition) is 7. The summed E-state index contributed by atoms with van der Waals surface area (Å²) in [6.45, 7) is 1.86. The van der Waals surface area contributed by atoms with Gasteiger partial charge in [0.05, 0.1) is 32.3 Å². The number of para-hydroxylation sites is 1. The molecule has 11 heteroatoms. The Kier molecular flexibility index (Phi) is 11.8. The molecule has 1 unspecified atom stereocenters. The van der Waals surface area contributed by atoms with E-state index in [-0.39, 0.29) is 17.3 Å². The molecule has 0 saturated heterocycles. The number of benzene rings is 4. The lowest BCUT2D eigenvalue weighted by Gasteiger charge is -2.16. The second-order valence-electron chi connectivity index (χ2n) is 9.80. The highest BCUT2D eigenvalue weighted by molar-refractivity contribution is 8.00. The quantitative estimate of drug-likeness (QED) is 0.109. The largest absolute Gasteiger partial charge is 0.493 e. The molecule has 0 saturated carbocycles. The molecule has 238 valence electrons. The third-order valence-corrected chi connectivity index (χ3v) is 8.05. The number of halogens is 1. The number of anilines is 2. The van der Waals surface area contributed by atoms with E-state index in [0.717, 1.165) is 0 Å². The Morgan fingerprint density at radius 1 is 0.826 bits per heavy atom. The summed E-state index contributed by atoms with van der Waals surface area (Å²) < 4.78 is 30.4. The molecule has 3 amide bonds. The standard InChI is InChI=1S/C35H34FN3O6S/c1-5-31(35(42)38-27-17-10-9-16-26(27)36)46-25-15-11-14-24(21-25)37-34(41)28(39-33(40)23-12-7-6-8-13-23)18-22-19-29(43-2)32(45-4)30(20-22)44-3/h6-21,31H,5H2,1-4H3,(H,37,41)(H,38,42)(H,39,40)/b28-18+. The molecule has 0 radical (unpaired) electrons. The van der Waals surface area contributed by atoms with E-state index >= 15 is 0 Å². The van der Waals surface area contributed by atoms with Crippen molar-refractivity contribution in [2.24, 2.45) is 0 Å². The van der Waals surface area contributed by atoms with Crippen molar-refractivity contribution < 1.29 is 33.0 Å². The number of nitrogens with one attached hydrogen (secondary N) is 3. The molecule has 0 aromatic heterocycles. The van der Waals surface area contributed by atoms with Crippen molar-refractivity contribution in [3.8, 4) is 17.2 Å². The van der Waals surface area contributed by atoms with Crippen LogP contribution in [0.15, 0.2) is 102 Å². The number of amides is 3. The first kappa shape index (κ1) is 33.6. The van der Waals surface area contributed by atoms with Gasteiger partial charge in [-0.1, -0.05) is 43.3 Å². The van der Waals surface area contributed by atoms with E-state index in [4.69, 9.17) is 14.2 Å². The maximum absolute atomic E-state index is 14.1. The minimum Gasteiger partial charge on any atom is -0.493 e.